The van der Waals surface area contributed by atoms with E-state index in [1.807, 2.05) is 31.2 Å². The molecule has 28 heavy (non-hydrogen) atoms. The minimum Gasteiger partial charge on any atom is -0.351 e. The fourth-order valence-electron chi connectivity index (χ4n) is 3.47. The second-order valence-electron chi connectivity index (χ2n) is 6.98. The van der Waals surface area contributed by atoms with Crippen molar-refractivity contribution < 1.29 is 14.0 Å². The second-order valence-corrected chi connectivity index (χ2v) is 7.42. The zero-order valence-electron chi connectivity index (χ0n) is 15.3. The SMILES string of the molecule is Cc1ccc2cc(C(=O)N3CCN(C(=O)c4cc(Cl)ccc4F)CC3)[nH]c2c1. The number of benzene rings is 2. The number of nitrogens with zero attached hydrogens (tertiary/aromatic N) is 2. The second kappa shape index (κ2) is 7.28. The molecule has 0 spiro atoms. The molecule has 0 saturated carbocycles. The number of aromatic nitrogens is 1. The first kappa shape index (κ1) is 18.5. The lowest BCUT2D eigenvalue weighted by atomic mass is 10.1. The molecule has 0 unspecified atom stereocenters. The van der Waals surface area contributed by atoms with Crippen LogP contribution in [0.4, 0.5) is 4.39 Å². The maximum absolute atomic E-state index is 14.0. The van der Waals surface area contributed by atoms with Crippen molar-refractivity contribution in [3.63, 3.8) is 0 Å². The van der Waals surface area contributed by atoms with Crippen molar-refractivity contribution >= 4 is 34.3 Å². The molecule has 5 nitrogen and oxygen atoms in total. The number of halogens is 2. The predicted octanol–water partition coefficient (Wildman–Crippen LogP) is 3.87. The summed E-state index contributed by atoms with van der Waals surface area (Å²) in [6.07, 6.45) is 0. The largest absolute Gasteiger partial charge is 0.351 e. The highest BCUT2D eigenvalue weighted by Crippen LogP contribution is 2.20. The van der Waals surface area contributed by atoms with E-state index >= 15 is 0 Å². The van der Waals surface area contributed by atoms with Gasteiger partial charge in [-0.2, -0.15) is 0 Å². The van der Waals surface area contributed by atoms with Crippen LogP contribution in [0.3, 0.4) is 0 Å². The number of nitrogens with one attached hydrogen (secondary N) is 1. The van der Waals surface area contributed by atoms with Crippen LogP contribution in [0.25, 0.3) is 10.9 Å². The van der Waals surface area contributed by atoms with E-state index in [4.69, 9.17) is 11.6 Å². The van der Waals surface area contributed by atoms with Crippen molar-refractivity contribution in [2.45, 2.75) is 6.92 Å². The van der Waals surface area contributed by atoms with Gasteiger partial charge in [-0.05, 0) is 42.8 Å². The van der Waals surface area contributed by atoms with E-state index in [9.17, 15) is 14.0 Å². The molecule has 4 rings (SSSR count). The smallest absolute Gasteiger partial charge is 0.270 e. The standard InChI is InChI=1S/C21H19ClFN3O2/c1-13-2-3-14-11-19(24-18(14)10-13)21(28)26-8-6-25(7-9-26)20(27)16-12-15(22)4-5-17(16)23/h2-5,10-12,24H,6-9H2,1H3. The Morgan fingerprint density at radius 3 is 2.36 bits per heavy atom. The van der Waals surface area contributed by atoms with E-state index in [-0.39, 0.29) is 11.5 Å². The van der Waals surface area contributed by atoms with Crippen LogP contribution in [0.5, 0.6) is 0 Å². The van der Waals surface area contributed by atoms with E-state index in [0.29, 0.717) is 36.9 Å². The molecule has 0 aliphatic carbocycles. The summed E-state index contributed by atoms with van der Waals surface area (Å²) < 4.78 is 14.0. The average molecular weight is 400 g/mol. The van der Waals surface area contributed by atoms with E-state index < -0.39 is 11.7 Å². The molecule has 1 aromatic heterocycles. The van der Waals surface area contributed by atoms with Gasteiger partial charge < -0.3 is 14.8 Å². The number of carbonyl (C=O) groups excluding carboxylic acids is 2. The van der Waals surface area contributed by atoms with Crippen LogP contribution in [-0.2, 0) is 0 Å². The van der Waals surface area contributed by atoms with Crippen LogP contribution in [0.15, 0.2) is 42.5 Å². The number of aryl methyl sites for hydroxylation is 1. The lowest BCUT2D eigenvalue weighted by Gasteiger charge is -2.34. The van der Waals surface area contributed by atoms with Crippen molar-refractivity contribution in [3.8, 4) is 0 Å². The molecule has 1 fully saturated rings. The minimum atomic E-state index is -0.596. The van der Waals surface area contributed by atoms with Crippen molar-refractivity contribution in [1.82, 2.24) is 14.8 Å². The predicted molar refractivity (Wildman–Crippen MR) is 106 cm³/mol. The summed E-state index contributed by atoms with van der Waals surface area (Å²) >= 11 is 5.88. The first-order chi connectivity index (χ1) is 13.4. The van der Waals surface area contributed by atoms with Crippen LogP contribution in [0.1, 0.15) is 26.4 Å². The summed E-state index contributed by atoms with van der Waals surface area (Å²) in [7, 11) is 0. The number of rotatable bonds is 2. The van der Waals surface area contributed by atoms with Crippen LogP contribution in [0.2, 0.25) is 5.02 Å². The summed E-state index contributed by atoms with van der Waals surface area (Å²) in [5.41, 5.74) is 2.53. The van der Waals surface area contributed by atoms with Gasteiger partial charge in [0.15, 0.2) is 0 Å². The zero-order chi connectivity index (χ0) is 19.8. The van der Waals surface area contributed by atoms with Crippen molar-refractivity contribution in [1.29, 1.82) is 0 Å². The van der Waals surface area contributed by atoms with Gasteiger partial charge in [0.2, 0.25) is 0 Å². The van der Waals surface area contributed by atoms with E-state index in [1.165, 1.54) is 18.2 Å². The summed E-state index contributed by atoms with van der Waals surface area (Å²) in [5, 5.41) is 1.30. The molecule has 2 amide bonds. The topological polar surface area (TPSA) is 56.4 Å². The van der Waals surface area contributed by atoms with Gasteiger partial charge in [0.05, 0.1) is 5.56 Å². The lowest BCUT2D eigenvalue weighted by Crippen LogP contribution is -2.50. The maximum atomic E-state index is 14.0. The minimum absolute atomic E-state index is 0.0433. The van der Waals surface area contributed by atoms with Crippen LogP contribution >= 0.6 is 11.6 Å². The van der Waals surface area contributed by atoms with Crippen LogP contribution in [-0.4, -0.2) is 52.8 Å². The molecule has 2 heterocycles. The molecule has 1 N–H and O–H groups in total. The number of hydrogen-bond donors (Lipinski definition) is 1. The van der Waals surface area contributed by atoms with Gasteiger partial charge in [-0.3, -0.25) is 9.59 Å². The van der Waals surface area contributed by atoms with Crippen molar-refractivity contribution in [2.24, 2.45) is 0 Å². The molecular formula is C21H19ClFN3O2. The van der Waals surface area contributed by atoms with Gasteiger partial charge in [-0.1, -0.05) is 23.7 Å². The highest BCUT2D eigenvalue weighted by Gasteiger charge is 2.27. The Morgan fingerprint density at radius 2 is 1.64 bits per heavy atom. The lowest BCUT2D eigenvalue weighted by molar-refractivity contribution is 0.0530. The molecule has 1 aliphatic heterocycles. The zero-order valence-corrected chi connectivity index (χ0v) is 16.1. The molecule has 2 aromatic carbocycles. The summed E-state index contributed by atoms with van der Waals surface area (Å²) in [5.74, 6) is -1.11. The van der Waals surface area contributed by atoms with Gasteiger partial charge >= 0.3 is 0 Å². The molecule has 144 valence electrons. The molecule has 3 aromatic rings. The highest BCUT2D eigenvalue weighted by atomic mass is 35.5. The number of amides is 2. The number of hydrogen-bond acceptors (Lipinski definition) is 2. The quantitative estimate of drug-likeness (QED) is 0.711. The van der Waals surface area contributed by atoms with Crippen LogP contribution < -0.4 is 0 Å². The first-order valence-electron chi connectivity index (χ1n) is 9.05. The van der Waals surface area contributed by atoms with Gasteiger partial charge in [0, 0.05) is 42.1 Å². The molecule has 0 bridgehead atoms. The van der Waals surface area contributed by atoms with Crippen molar-refractivity contribution in [3.05, 3.63) is 70.1 Å². The number of aromatic amines is 1. The van der Waals surface area contributed by atoms with Gasteiger partial charge in [-0.25, -0.2) is 4.39 Å². The molecule has 1 aliphatic rings. The third-order valence-corrected chi connectivity index (χ3v) is 5.26. The molecule has 1 saturated heterocycles. The Kier molecular flexibility index (Phi) is 4.81. The Balaban J connectivity index is 1.45. The molecule has 0 atom stereocenters. The Hall–Kier alpha value is -2.86. The first-order valence-corrected chi connectivity index (χ1v) is 9.43. The van der Waals surface area contributed by atoms with Crippen molar-refractivity contribution in [2.75, 3.05) is 26.2 Å². The van der Waals surface area contributed by atoms with E-state index in [2.05, 4.69) is 4.98 Å². The van der Waals surface area contributed by atoms with Gasteiger partial charge in [0.25, 0.3) is 11.8 Å². The van der Waals surface area contributed by atoms with Gasteiger partial charge in [-0.15, -0.1) is 0 Å². The van der Waals surface area contributed by atoms with Gasteiger partial charge in [0.1, 0.15) is 11.5 Å². The van der Waals surface area contributed by atoms with E-state index in [0.717, 1.165) is 16.5 Å². The fraction of sp³-hybridized carbons (Fsp3) is 0.238. The normalized spacial score (nSPS) is 14.5. The number of H-pyrrole nitrogens is 1. The number of carbonyl (C=O) groups is 2. The Morgan fingerprint density at radius 1 is 0.964 bits per heavy atom. The Bertz CT molecular complexity index is 1070. The molecular weight excluding hydrogens is 381 g/mol. The summed E-state index contributed by atoms with van der Waals surface area (Å²) in [6.45, 7) is 3.47. The maximum Gasteiger partial charge on any atom is 0.270 e. The summed E-state index contributed by atoms with van der Waals surface area (Å²) in [6, 6.07) is 11.8. The monoisotopic (exact) mass is 399 g/mol. The third kappa shape index (κ3) is 3.47. The molecule has 7 heteroatoms. The highest BCUT2D eigenvalue weighted by molar-refractivity contribution is 6.31. The molecule has 0 radical (unpaired) electrons. The fourth-order valence-corrected chi connectivity index (χ4v) is 3.64. The third-order valence-electron chi connectivity index (χ3n) is 5.02. The summed E-state index contributed by atoms with van der Waals surface area (Å²) in [4.78, 5) is 31.8. The van der Waals surface area contributed by atoms with E-state index in [1.54, 1.807) is 9.80 Å². The Labute approximate surface area is 166 Å². The number of fused-ring (bicyclic) bond motifs is 1. The number of piperazine rings is 1. The average Bonchev–Trinajstić information content (AvgIpc) is 3.12. The van der Waals surface area contributed by atoms with Crippen LogP contribution in [0, 0.1) is 12.7 Å².